The molecule has 1 aromatic heterocycles. The molecule has 1 aliphatic heterocycles. The topological polar surface area (TPSA) is 52.7 Å². The average Bonchev–Trinajstić information content (AvgIpc) is 3.24. The summed E-state index contributed by atoms with van der Waals surface area (Å²) in [7, 11) is 2.12. The van der Waals surface area contributed by atoms with E-state index in [4.69, 9.17) is 9.73 Å². The van der Waals surface area contributed by atoms with Crippen molar-refractivity contribution in [3.8, 4) is 0 Å². The molecule has 6 heteroatoms. The highest BCUT2D eigenvalue weighted by Gasteiger charge is 2.19. The van der Waals surface area contributed by atoms with Crippen LogP contribution in [0.3, 0.4) is 0 Å². The summed E-state index contributed by atoms with van der Waals surface area (Å²) < 4.78 is 5.48. The fourth-order valence-corrected chi connectivity index (χ4v) is 3.29. The van der Waals surface area contributed by atoms with Crippen molar-refractivity contribution in [1.82, 2.24) is 15.2 Å². The number of benzene rings is 1. The lowest BCUT2D eigenvalue weighted by molar-refractivity contribution is 0.181. The van der Waals surface area contributed by atoms with E-state index in [1.807, 2.05) is 0 Å². The SMILES string of the molecule is CCNC(=NCCc1c[nH]c2ccccc12)N(C)CC1CCOC1.I. The van der Waals surface area contributed by atoms with E-state index in [0.717, 1.165) is 51.6 Å². The maximum Gasteiger partial charge on any atom is 0.193 e. The summed E-state index contributed by atoms with van der Waals surface area (Å²) in [6.45, 7) is 6.56. The van der Waals surface area contributed by atoms with Gasteiger partial charge in [0.2, 0.25) is 0 Å². The summed E-state index contributed by atoms with van der Waals surface area (Å²) in [4.78, 5) is 10.4. The average molecular weight is 456 g/mol. The van der Waals surface area contributed by atoms with Crippen LogP contribution < -0.4 is 5.32 Å². The van der Waals surface area contributed by atoms with Gasteiger partial charge < -0.3 is 19.9 Å². The Morgan fingerprint density at radius 1 is 1.40 bits per heavy atom. The molecule has 1 unspecified atom stereocenters. The molecule has 2 aromatic rings. The van der Waals surface area contributed by atoms with Gasteiger partial charge in [-0.3, -0.25) is 4.99 Å². The number of nitrogens with zero attached hydrogens (tertiary/aromatic N) is 2. The van der Waals surface area contributed by atoms with Crippen LogP contribution in [0.2, 0.25) is 0 Å². The second-order valence-electron chi connectivity index (χ2n) is 6.46. The van der Waals surface area contributed by atoms with Gasteiger partial charge in [-0.1, -0.05) is 18.2 Å². The van der Waals surface area contributed by atoms with Crippen LogP contribution in [-0.2, 0) is 11.2 Å². The second-order valence-corrected chi connectivity index (χ2v) is 6.46. The monoisotopic (exact) mass is 456 g/mol. The molecule has 3 rings (SSSR count). The molecule has 0 spiro atoms. The minimum atomic E-state index is 0. The smallest absolute Gasteiger partial charge is 0.193 e. The largest absolute Gasteiger partial charge is 0.381 e. The summed E-state index contributed by atoms with van der Waals surface area (Å²) in [6, 6.07) is 8.43. The number of ether oxygens (including phenoxy) is 1. The first kappa shape index (κ1) is 20.0. The molecule has 25 heavy (non-hydrogen) atoms. The number of hydrogen-bond donors (Lipinski definition) is 2. The molecule has 0 amide bonds. The van der Waals surface area contributed by atoms with Crippen LogP contribution in [0.4, 0.5) is 0 Å². The van der Waals surface area contributed by atoms with Gasteiger partial charge in [0.05, 0.1) is 6.61 Å². The maximum atomic E-state index is 5.48. The fourth-order valence-electron chi connectivity index (χ4n) is 3.29. The molecule has 2 N–H and O–H groups in total. The number of para-hydroxylation sites is 1. The summed E-state index contributed by atoms with van der Waals surface area (Å²) in [6.07, 6.45) is 4.20. The van der Waals surface area contributed by atoms with E-state index < -0.39 is 0 Å². The Bertz CT molecular complexity index is 679. The first-order chi connectivity index (χ1) is 11.8. The zero-order chi connectivity index (χ0) is 16.8. The molecule has 1 saturated heterocycles. The lowest BCUT2D eigenvalue weighted by Crippen LogP contribution is -2.41. The van der Waals surface area contributed by atoms with Crippen LogP contribution in [0.25, 0.3) is 10.9 Å². The summed E-state index contributed by atoms with van der Waals surface area (Å²) in [5.74, 6) is 1.61. The van der Waals surface area contributed by atoms with Gasteiger partial charge in [-0.15, -0.1) is 24.0 Å². The van der Waals surface area contributed by atoms with Gasteiger partial charge in [0, 0.05) is 56.3 Å². The Hall–Kier alpha value is -1.28. The molecule has 1 aromatic carbocycles. The Kier molecular flexibility index (Phi) is 8.02. The lowest BCUT2D eigenvalue weighted by Gasteiger charge is -2.24. The van der Waals surface area contributed by atoms with E-state index in [2.05, 4.69) is 59.6 Å². The molecule has 1 fully saturated rings. The van der Waals surface area contributed by atoms with Crippen molar-refractivity contribution in [2.45, 2.75) is 19.8 Å². The van der Waals surface area contributed by atoms with Gasteiger partial charge in [0.25, 0.3) is 0 Å². The van der Waals surface area contributed by atoms with Crippen LogP contribution in [0.15, 0.2) is 35.5 Å². The molecular formula is C19H29IN4O. The Balaban J connectivity index is 0.00000225. The van der Waals surface area contributed by atoms with Crippen LogP contribution in [0.5, 0.6) is 0 Å². The number of aliphatic imine (C=N–C) groups is 1. The zero-order valence-corrected chi connectivity index (χ0v) is 17.5. The number of halogens is 1. The molecule has 0 radical (unpaired) electrons. The molecule has 2 heterocycles. The standard InChI is InChI=1S/C19H28N4O.HI/c1-3-20-19(23(2)13-15-9-11-24-14-15)21-10-8-16-12-22-18-7-5-4-6-17(16)18;/h4-7,12,15,22H,3,8-11,13-14H2,1-2H3,(H,20,21);1H. The van der Waals surface area contributed by atoms with Crippen molar-refractivity contribution in [3.63, 3.8) is 0 Å². The first-order valence-corrected chi connectivity index (χ1v) is 8.90. The third-order valence-corrected chi connectivity index (χ3v) is 4.57. The molecule has 0 saturated carbocycles. The van der Waals surface area contributed by atoms with E-state index in [1.165, 1.54) is 16.5 Å². The van der Waals surface area contributed by atoms with Gasteiger partial charge in [0.1, 0.15) is 0 Å². The Morgan fingerprint density at radius 3 is 3.00 bits per heavy atom. The molecule has 1 aliphatic rings. The number of aromatic nitrogens is 1. The first-order valence-electron chi connectivity index (χ1n) is 8.90. The number of guanidine groups is 1. The van der Waals surface area contributed by atoms with Gasteiger partial charge >= 0.3 is 0 Å². The van der Waals surface area contributed by atoms with E-state index in [1.54, 1.807) is 0 Å². The van der Waals surface area contributed by atoms with E-state index in [0.29, 0.717) is 5.92 Å². The van der Waals surface area contributed by atoms with Crippen molar-refractivity contribution >= 4 is 40.8 Å². The van der Waals surface area contributed by atoms with Gasteiger partial charge in [0.15, 0.2) is 5.96 Å². The molecular weight excluding hydrogens is 427 g/mol. The second kappa shape index (κ2) is 10.0. The van der Waals surface area contributed by atoms with E-state index >= 15 is 0 Å². The van der Waals surface area contributed by atoms with Crippen molar-refractivity contribution in [2.24, 2.45) is 10.9 Å². The quantitative estimate of drug-likeness (QED) is 0.399. The predicted molar refractivity (Wildman–Crippen MR) is 115 cm³/mol. The van der Waals surface area contributed by atoms with Crippen LogP contribution in [0, 0.1) is 5.92 Å². The molecule has 1 atom stereocenters. The highest BCUT2D eigenvalue weighted by molar-refractivity contribution is 14.0. The number of hydrogen-bond acceptors (Lipinski definition) is 2. The highest BCUT2D eigenvalue weighted by Crippen LogP contribution is 2.18. The van der Waals surface area contributed by atoms with E-state index in [-0.39, 0.29) is 24.0 Å². The van der Waals surface area contributed by atoms with Gasteiger partial charge in [-0.2, -0.15) is 0 Å². The lowest BCUT2D eigenvalue weighted by atomic mass is 10.1. The summed E-state index contributed by atoms with van der Waals surface area (Å²) in [5.41, 5.74) is 2.53. The Morgan fingerprint density at radius 2 is 2.24 bits per heavy atom. The predicted octanol–water partition coefficient (Wildman–Crippen LogP) is 3.26. The number of nitrogens with one attached hydrogen (secondary N) is 2. The van der Waals surface area contributed by atoms with Crippen LogP contribution in [-0.4, -0.2) is 55.7 Å². The number of rotatable bonds is 6. The molecule has 5 nitrogen and oxygen atoms in total. The fraction of sp³-hybridized carbons (Fsp3) is 0.526. The number of fused-ring (bicyclic) bond motifs is 1. The van der Waals surface area contributed by atoms with Crippen LogP contribution >= 0.6 is 24.0 Å². The van der Waals surface area contributed by atoms with Crippen molar-refractivity contribution < 1.29 is 4.74 Å². The zero-order valence-electron chi connectivity index (χ0n) is 15.1. The van der Waals surface area contributed by atoms with Crippen LogP contribution in [0.1, 0.15) is 18.9 Å². The molecule has 0 aliphatic carbocycles. The van der Waals surface area contributed by atoms with Gasteiger partial charge in [-0.25, -0.2) is 0 Å². The molecule has 138 valence electrons. The van der Waals surface area contributed by atoms with Crippen molar-refractivity contribution in [1.29, 1.82) is 0 Å². The normalized spacial score (nSPS) is 17.5. The highest BCUT2D eigenvalue weighted by atomic mass is 127. The molecule has 0 bridgehead atoms. The minimum Gasteiger partial charge on any atom is -0.381 e. The number of aromatic amines is 1. The minimum absolute atomic E-state index is 0. The maximum absolute atomic E-state index is 5.48. The van der Waals surface area contributed by atoms with Gasteiger partial charge in [-0.05, 0) is 31.4 Å². The summed E-state index contributed by atoms with van der Waals surface area (Å²) >= 11 is 0. The summed E-state index contributed by atoms with van der Waals surface area (Å²) in [5, 5.41) is 4.70. The van der Waals surface area contributed by atoms with Crippen molar-refractivity contribution in [3.05, 3.63) is 36.0 Å². The van der Waals surface area contributed by atoms with Crippen molar-refractivity contribution in [2.75, 3.05) is 39.9 Å². The number of H-pyrrole nitrogens is 1. The third-order valence-electron chi connectivity index (χ3n) is 4.57. The third kappa shape index (κ3) is 5.34. The Labute approximate surface area is 167 Å². The van der Waals surface area contributed by atoms with E-state index in [9.17, 15) is 0 Å².